The van der Waals surface area contributed by atoms with Gasteiger partial charge in [-0.15, -0.1) is 0 Å². The third-order valence-corrected chi connectivity index (χ3v) is 4.33. The minimum atomic E-state index is -0.674. The summed E-state index contributed by atoms with van der Waals surface area (Å²) in [5, 5.41) is 10.8. The van der Waals surface area contributed by atoms with Crippen molar-refractivity contribution < 1.29 is 5.11 Å². The maximum atomic E-state index is 10.8. The molecule has 1 unspecified atom stereocenters. The molecule has 20 heavy (non-hydrogen) atoms. The molecule has 110 valence electrons. The molecule has 2 aromatic rings. The molecule has 0 aliphatic rings. The molecular weight excluding hydrogens is 248 g/mol. The van der Waals surface area contributed by atoms with Crippen LogP contribution in [0.15, 0.2) is 24.3 Å². The van der Waals surface area contributed by atoms with Gasteiger partial charge in [0.05, 0.1) is 16.6 Å². The normalized spacial score (nSPS) is 14.9. The summed E-state index contributed by atoms with van der Waals surface area (Å²) in [4.78, 5) is 4.75. The van der Waals surface area contributed by atoms with Gasteiger partial charge in [0.2, 0.25) is 0 Å². The highest BCUT2D eigenvalue weighted by Gasteiger charge is 2.31. The fourth-order valence-electron chi connectivity index (χ4n) is 2.74. The molecule has 1 aromatic heterocycles. The first-order valence-electron chi connectivity index (χ1n) is 7.68. The molecule has 3 nitrogen and oxygen atoms in total. The molecule has 0 amide bonds. The number of aryl methyl sites for hydroxylation is 1. The Morgan fingerprint density at radius 1 is 1.25 bits per heavy atom. The lowest BCUT2D eigenvalue weighted by atomic mass is 9.84. The lowest BCUT2D eigenvalue weighted by Crippen LogP contribution is -2.37. The summed E-state index contributed by atoms with van der Waals surface area (Å²) in [6.45, 7) is 9.33. The molecule has 1 atom stereocenters. The summed E-state index contributed by atoms with van der Waals surface area (Å²) in [6, 6.07) is 8.23. The van der Waals surface area contributed by atoms with Gasteiger partial charge in [-0.2, -0.15) is 0 Å². The van der Waals surface area contributed by atoms with Crippen LogP contribution in [-0.4, -0.2) is 20.3 Å². The van der Waals surface area contributed by atoms with Crippen molar-refractivity contribution in [1.82, 2.24) is 9.55 Å². The average molecular weight is 274 g/mol. The number of para-hydroxylation sites is 2. The third-order valence-electron chi connectivity index (χ3n) is 4.33. The van der Waals surface area contributed by atoms with E-state index < -0.39 is 5.60 Å². The van der Waals surface area contributed by atoms with Crippen LogP contribution in [0, 0.1) is 5.92 Å². The number of hydrogen-bond donors (Lipinski definition) is 1. The predicted molar refractivity (Wildman–Crippen MR) is 83.8 cm³/mol. The van der Waals surface area contributed by atoms with E-state index in [4.69, 9.17) is 4.98 Å². The smallest absolute Gasteiger partial charge is 0.112 e. The highest BCUT2D eigenvalue weighted by atomic mass is 16.3. The van der Waals surface area contributed by atoms with Crippen LogP contribution in [0.5, 0.6) is 0 Å². The van der Waals surface area contributed by atoms with Crippen molar-refractivity contribution in [2.24, 2.45) is 5.92 Å². The predicted octanol–water partition coefficient (Wildman–Crippen LogP) is 3.79. The number of aromatic nitrogens is 2. The highest BCUT2D eigenvalue weighted by Crippen LogP contribution is 2.27. The monoisotopic (exact) mass is 274 g/mol. The molecule has 0 aliphatic carbocycles. The Kier molecular flexibility index (Phi) is 4.48. The molecule has 1 aromatic carbocycles. The Balaban J connectivity index is 2.45. The topological polar surface area (TPSA) is 38.0 Å². The molecule has 0 radical (unpaired) electrons. The summed E-state index contributed by atoms with van der Waals surface area (Å²) >= 11 is 0. The molecule has 0 bridgehead atoms. The van der Waals surface area contributed by atoms with Crippen molar-refractivity contribution in [1.29, 1.82) is 0 Å². The van der Waals surface area contributed by atoms with Crippen molar-refractivity contribution in [3.63, 3.8) is 0 Å². The fraction of sp³-hybridized carbons (Fsp3) is 0.588. The SMILES string of the molecule is CCCn1c(CC(O)(CC)C(C)C)nc2ccccc21. The average Bonchev–Trinajstić information content (AvgIpc) is 2.77. The van der Waals surface area contributed by atoms with E-state index in [1.165, 1.54) is 5.52 Å². The summed E-state index contributed by atoms with van der Waals surface area (Å²) in [5.41, 5.74) is 1.53. The van der Waals surface area contributed by atoms with Crippen LogP contribution in [-0.2, 0) is 13.0 Å². The highest BCUT2D eigenvalue weighted by molar-refractivity contribution is 5.75. The zero-order chi connectivity index (χ0) is 14.8. The second kappa shape index (κ2) is 5.96. The second-order valence-corrected chi connectivity index (χ2v) is 5.96. The number of imidazole rings is 1. The van der Waals surface area contributed by atoms with E-state index in [2.05, 4.69) is 37.5 Å². The molecule has 3 heteroatoms. The van der Waals surface area contributed by atoms with Gasteiger partial charge in [-0.1, -0.05) is 39.8 Å². The lowest BCUT2D eigenvalue weighted by molar-refractivity contribution is -0.0106. The summed E-state index contributed by atoms with van der Waals surface area (Å²) in [5.74, 6) is 1.23. The van der Waals surface area contributed by atoms with Crippen molar-refractivity contribution in [3.8, 4) is 0 Å². The van der Waals surface area contributed by atoms with E-state index in [-0.39, 0.29) is 5.92 Å². The lowest BCUT2D eigenvalue weighted by Gasteiger charge is -2.31. The number of benzene rings is 1. The van der Waals surface area contributed by atoms with Crippen LogP contribution in [0.2, 0.25) is 0 Å². The van der Waals surface area contributed by atoms with Crippen LogP contribution in [0.3, 0.4) is 0 Å². The van der Waals surface area contributed by atoms with Gasteiger partial charge in [-0.3, -0.25) is 0 Å². The van der Waals surface area contributed by atoms with E-state index >= 15 is 0 Å². The largest absolute Gasteiger partial charge is 0.389 e. The van der Waals surface area contributed by atoms with E-state index in [1.54, 1.807) is 0 Å². The summed E-state index contributed by atoms with van der Waals surface area (Å²) in [6.07, 6.45) is 2.44. The van der Waals surface area contributed by atoms with E-state index in [1.807, 2.05) is 19.1 Å². The third kappa shape index (κ3) is 2.73. The van der Waals surface area contributed by atoms with Gasteiger partial charge < -0.3 is 9.67 Å². The Morgan fingerprint density at radius 3 is 2.55 bits per heavy atom. The molecule has 0 fully saturated rings. The van der Waals surface area contributed by atoms with Crippen LogP contribution in [0.25, 0.3) is 11.0 Å². The van der Waals surface area contributed by atoms with E-state index in [0.29, 0.717) is 6.42 Å². The molecule has 2 rings (SSSR count). The minimum absolute atomic E-state index is 0.224. The fourth-order valence-corrected chi connectivity index (χ4v) is 2.74. The first-order chi connectivity index (χ1) is 9.51. The van der Waals surface area contributed by atoms with Crippen molar-refractivity contribution in [3.05, 3.63) is 30.1 Å². The number of fused-ring (bicyclic) bond motifs is 1. The van der Waals surface area contributed by atoms with Gasteiger partial charge in [-0.05, 0) is 30.9 Å². The van der Waals surface area contributed by atoms with Crippen LogP contribution >= 0.6 is 0 Å². The van der Waals surface area contributed by atoms with Crippen molar-refractivity contribution >= 4 is 11.0 Å². The second-order valence-electron chi connectivity index (χ2n) is 5.96. The number of aliphatic hydroxyl groups is 1. The van der Waals surface area contributed by atoms with Crippen LogP contribution < -0.4 is 0 Å². The van der Waals surface area contributed by atoms with E-state index in [9.17, 15) is 5.11 Å². The Hall–Kier alpha value is -1.35. The molecule has 0 aliphatic heterocycles. The van der Waals surface area contributed by atoms with E-state index in [0.717, 1.165) is 30.7 Å². The van der Waals surface area contributed by atoms with Gasteiger partial charge in [0.1, 0.15) is 5.82 Å². The molecule has 0 spiro atoms. The standard InChI is InChI=1S/C17H26N2O/c1-5-11-19-15-10-8-7-9-14(15)18-16(19)12-17(20,6-2)13(3)4/h7-10,13,20H,5-6,11-12H2,1-4H3. The van der Waals surface area contributed by atoms with Crippen molar-refractivity contribution in [2.75, 3.05) is 0 Å². The van der Waals surface area contributed by atoms with Crippen LogP contribution in [0.1, 0.15) is 46.4 Å². The zero-order valence-electron chi connectivity index (χ0n) is 13.1. The van der Waals surface area contributed by atoms with Gasteiger partial charge in [0, 0.05) is 13.0 Å². The van der Waals surface area contributed by atoms with Gasteiger partial charge in [-0.25, -0.2) is 4.98 Å². The first kappa shape index (κ1) is 15.0. The number of rotatable bonds is 6. The minimum Gasteiger partial charge on any atom is -0.389 e. The maximum Gasteiger partial charge on any atom is 0.112 e. The maximum absolute atomic E-state index is 10.8. The zero-order valence-corrected chi connectivity index (χ0v) is 13.1. The Bertz CT molecular complexity index is 573. The van der Waals surface area contributed by atoms with Gasteiger partial charge in [0.25, 0.3) is 0 Å². The van der Waals surface area contributed by atoms with Gasteiger partial charge in [0.15, 0.2) is 0 Å². The molecule has 0 saturated carbocycles. The summed E-state index contributed by atoms with van der Waals surface area (Å²) < 4.78 is 2.26. The van der Waals surface area contributed by atoms with Crippen molar-refractivity contribution in [2.45, 2.75) is 59.1 Å². The Labute approximate surface area is 121 Å². The quantitative estimate of drug-likeness (QED) is 0.870. The number of nitrogens with zero attached hydrogens (tertiary/aromatic N) is 2. The Morgan fingerprint density at radius 2 is 1.95 bits per heavy atom. The molecule has 1 N–H and O–H groups in total. The first-order valence-corrected chi connectivity index (χ1v) is 7.68. The molecule has 0 saturated heterocycles. The van der Waals surface area contributed by atoms with Crippen LogP contribution in [0.4, 0.5) is 0 Å². The summed E-state index contributed by atoms with van der Waals surface area (Å²) in [7, 11) is 0. The van der Waals surface area contributed by atoms with Gasteiger partial charge >= 0.3 is 0 Å². The molecular formula is C17H26N2O. The molecule has 1 heterocycles. The number of hydrogen-bond acceptors (Lipinski definition) is 2.